The maximum atomic E-state index is 10.3. The normalized spacial score (nSPS) is 10.8. The van der Waals surface area contributed by atoms with Gasteiger partial charge in [-0.25, -0.2) is 0 Å². The van der Waals surface area contributed by atoms with Gasteiger partial charge in [-0.1, -0.05) is 39.0 Å². The van der Waals surface area contributed by atoms with Crippen LogP contribution in [0.2, 0.25) is 0 Å². The van der Waals surface area contributed by atoms with E-state index in [0.717, 1.165) is 29.5 Å². The SMILES string of the molecule is CCc1ccc(CC)c(-c2cc(O)c(CC)c(O)c2O)c1. The zero-order chi connectivity index (χ0) is 15.6. The van der Waals surface area contributed by atoms with E-state index in [2.05, 4.69) is 13.0 Å². The Hall–Kier alpha value is -2.16. The monoisotopic (exact) mass is 286 g/mol. The summed E-state index contributed by atoms with van der Waals surface area (Å²) in [6.45, 7) is 5.93. The number of phenols is 3. The van der Waals surface area contributed by atoms with Crippen molar-refractivity contribution in [3.05, 3.63) is 41.0 Å². The third kappa shape index (κ3) is 2.68. The molecule has 0 amide bonds. The molecular formula is C18H22O3. The lowest BCUT2D eigenvalue weighted by Gasteiger charge is -2.15. The van der Waals surface area contributed by atoms with Gasteiger partial charge >= 0.3 is 0 Å². The fraction of sp³-hybridized carbons (Fsp3) is 0.333. The number of rotatable bonds is 4. The molecule has 0 fully saturated rings. The summed E-state index contributed by atoms with van der Waals surface area (Å²) in [5.74, 6) is -0.365. The van der Waals surface area contributed by atoms with Crippen LogP contribution in [0.1, 0.15) is 37.5 Å². The zero-order valence-electron chi connectivity index (χ0n) is 12.8. The molecule has 0 atom stereocenters. The second-order valence-corrected chi connectivity index (χ2v) is 5.17. The van der Waals surface area contributed by atoms with Crippen LogP contribution in [0.4, 0.5) is 0 Å². The van der Waals surface area contributed by atoms with Crippen LogP contribution >= 0.6 is 0 Å². The molecule has 0 saturated carbocycles. The molecule has 3 nitrogen and oxygen atoms in total. The molecular weight excluding hydrogens is 264 g/mol. The van der Waals surface area contributed by atoms with Crippen LogP contribution in [0, 0.1) is 0 Å². The summed E-state index contributed by atoms with van der Waals surface area (Å²) < 4.78 is 0. The first-order valence-electron chi connectivity index (χ1n) is 7.42. The van der Waals surface area contributed by atoms with Crippen molar-refractivity contribution in [1.82, 2.24) is 0 Å². The Morgan fingerprint density at radius 3 is 2.05 bits per heavy atom. The lowest BCUT2D eigenvalue weighted by atomic mass is 9.92. The summed E-state index contributed by atoms with van der Waals surface area (Å²) in [7, 11) is 0. The molecule has 0 aliphatic carbocycles. The van der Waals surface area contributed by atoms with Crippen LogP contribution in [0.15, 0.2) is 24.3 Å². The highest BCUT2D eigenvalue weighted by molar-refractivity contribution is 5.79. The van der Waals surface area contributed by atoms with E-state index in [1.807, 2.05) is 26.0 Å². The lowest BCUT2D eigenvalue weighted by Crippen LogP contribution is -1.93. The van der Waals surface area contributed by atoms with Gasteiger partial charge in [-0.05, 0) is 42.0 Å². The number of benzene rings is 2. The first-order chi connectivity index (χ1) is 10.0. The molecule has 0 aliphatic rings. The summed E-state index contributed by atoms with van der Waals surface area (Å²) in [6, 6.07) is 7.66. The third-order valence-corrected chi connectivity index (χ3v) is 3.96. The molecule has 2 rings (SSSR count). The Morgan fingerprint density at radius 2 is 1.48 bits per heavy atom. The topological polar surface area (TPSA) is 60.7 Å². The predicted octanol–water partition coefficient (Wildman–Crippen LogP) is 4.16. The Balaban J connectivity index is 2.72. The van der Waals surface area contributed by atoms with Crippen molar-refractivity contribution in [2.75, 3.05) is 0 Å². The quantitative estimate of drug-likeness (QED) is 0.584. The van der Waals surface area contributed by atoms with Gasteiger partial charge in [0.1, 0.15) is 5.75 Å². The van der Waals surface area contributed by atoms with Gasteiger partial charge in [0.2, 0.25) is 0 Å². The first kappa shape index (κ1) is 15.2. The van der Waals surface area contributed by atoms with Crippen molar-refractivity contribution in [3.63, 3.8) is 0 Å². The highest BCUT2D eigenvalue weighted by atomic mass is 16.3. The summed E-state index contributed by atoms with van der Waals surface area (Å²) in [5, 5.41) is 30.5. The van der Waals surface area contributed by atoms with Crippen LogP contribution in [0.3, 0.4) is 0 Å². The second kappa shape index (κ2) is 6.08. The van der Waals surface area contributed by atoms with Gasteiger partial charge in [-0.15, -0.1) is 0 Å². The summed E-state index contributed by atoms with van der Waals surface area (Å²) in [4.78, 5) is 0. The molecule has 0 aliphatic heterocycles. The Labute approximate surface area is 125 Å². The van der Waals surface area contributed by atoms with Crippen molar-refractivity contribution >= 4 is 0 Å². The highest BCUT2D eigenvalue weighted by Gasteiger charge is 2.18. The van der Waals surface area contributed by atoms with E-state index in [1.165, 1.54) is 0 Å². The van der Waals surface area contributed by atoms with Crippen molar-refractivity contribution in [2.24, 2.45) is 0 Å². The van der Waals surface area contributed by atoms with Gasteiger partial charge in [-0.3, -0.25) is 0 Å². The molecule has 0 spiro atoms. The molecule has 112 valence electrons. The molecule has 3 heteroatoms. The number of aryl methyl sites for hydroxylation is 2. The molecule has 0 aromatic heterocycles. The largest absolute Gasteiger partial charge is 0.508 e. The molecule has 0 bridgehead atoms. The minimum Gasteiger partial charge on any atom is -0.508 e. The molecule has 2 aromatic carbocycles. The van der Waals surface area contributed by atoms with Crippen molar-refractivity contribution < 1.29 is 15.3 Å². The molecule has 3 N–H and O–H groups in total. The standard InChI is InChI=1S/C18H22O3/c1-4-11-7-8-12(5-2)14(9-11)15-10-16(19)13(6-3)17(20)18(15)21/h7-10,19-21H,4-6H2,1-3H3. The van der Waals surface area contributed by atoms with E-state index >= 15 is 0 Å². The van der Waals surface area contributed by atoms with E-state index in [-0.39, 0.29) is 17.2 Å². The molecule has 21 heavy (non-hydrogen) atoms. The van der Waals surface area contributed by atoms with E-state index in [0.29, 0.717) is 17.5 Å². The highest BCUT2D eigenvalue weighted by Crippen LogP contribution is 2.44. The third-order valence-electron chi connectivity index (χ3n) is 3.96. The fourth-order valence-corrected chi connectivity index (χ4v) is 2.64. The fourth-order valence-electron chi connectivity index (χ4n) is 2.64. The van der Waals surface area contributed by atoms with Crippen molar-refractivity contribution in [1.29, 1.82) is 0 Å². The smallest absolute Gasteiger partial charge is 0.166 e. The van der Waals surface area contributed by atoms with Crippen LogP contribution < -0.4 is 0 Å². The average Bonchev–Trinajstić information content (AvgIpc) is 2.50. The van der Waals surface area contributed by atoms with Gasteiger partial charge in [0.15, 0.2) is 11.5 Å². The molecule has 2 aromatic rings. The molecule has 0 saturated heterocycles. The molecule has 0 radical (unpaired) electrons. The van der Waals surface area contributed by atoms with E-state index in [9.17, 15) is 15.3 Å². The number of hydrogen-bond donors (Lipinski definition) is 3. The first-order valence-corrected chi connectivity index (χ1v) is 7.42. The predicted molar refractivity (Wildman–Crippen MR) is 85.0 cm³/mol. The zero-order valence-corrected chi connectivity index (χ0v) is 12.8. The van der Waals surface area contributed by atoms with Crippen molar-refractivity contribution in [3.8, 4) is 28.4 Å². The number of phenolic OH excluding ortho intramolecular Hbond substituents is 3. The van der Waals surface area contributed by atoms with Crippen LogP contribution in [0.5, 0.6) is 17.2 Å². The van der Waals surface area contributed by atoms with Crippen LogP contribution in [0.25, 0.3) is 11.1 Å². The number of aromatic hydroxyl groups is 3. The van der Waals surface area contributed by atoms with Gasteiger partial charge in [0.25, 0.3) is 0 Å². The number of hydrogen-bond acceptors (Lipinski definition) is 3. The van der Waals surface area contributed by atoms with E-state index in [1.54, 1.807) is 6.07 Å². The van der Waals surface area contributed by atoms with E-state index < -0.39 is 0 Å². The maximum absolute atomic E-state index is 10.3. The molecule has 0 heterocycles. The summed E-state index contributed by atoms with van der Waals surface area (Å²) in [6.07, 6.45) is 2.17. The second-order valence-electron chi connectivity index (χ2n) is 5.17. The summed E-state index contributed by atoms with van der Waals surface area (Å²) >= 11 is 0. The molecule has 0 unspecified atom stereocenters. The van der Waals surface area contributed by atoms with Gasteiger partial charge in [0.05, 0.1) is 0 Å². The van der Waals surface area contributed by atoms with Crippen LogP contribution in [-0.4, -0.2) is 15.3 Å². The Kier molecular flexibility index (Phi) is 4.41. The average molecular weight is 286 g/mol. The van der Waals surface area contributed by atoms with Gasteiger partial charge < -0.3 is 15.3 Å². The van der Waals surface area contributed by atoms with Crippen molar-refractivity contribution in [2.45, 2.75) is 40.0 Å². The van der Waals surface area contributed by atoms with Gasteiger partial charge in [0, 0.05) is 11.1 Å². The minimum atomic E-state index is -0.226. The Morgan fingerprint density at radius 1 is 0.762 bits per heavy atom. The van der Waals surface area contributed by atoms with Gasteiger partial charge in [-0.2, -0.15) is 0 Å². The Bertz CT molecular complexity index is 660. The minimum absolute atomic E-state index is 0.0201. The van der Waals surface area contributed by atoms with E-state index in [4.69, 9.17) is 0 Å². The maximum Gasteiger partial charge on any atom is 0.166 e. The summed E-state index contributed by atoms with van der Waals surface area (Å²) in [5.41, 5.74) is 3.95. The lowest BCUT2D eigenvalue weighted by molar-refractivity contribution is 0.391. The van der Waals surface area contributed by atoms with Crippen LogP contribution in [-0.2, 0) is 19.3 Å².